The van der Waals surface area contributed by atoms with Crippen LogP contribution >= 0.6 is 0 Å². The summed E-state index contributed by atoms with van der Waals surface area (Å²) in [6.45, 7) is 3.10. The molecule has 2 fully saturated rings. The Morgan fingerprint density at radius 3 is 2.33 bits per heavy atom. The van der Waals surface area contributed by atoms with Gasteiger partial charge in [0.2, 0.25) is 21.8 Å². The lowest BCUT2D eigenvalue weighted by Gasteiger charge is -2.35. The highest BCUT2D eigenvalue weighted by molar-refractivity contribution is 7.89. The van der Waals surface area contributed by atoms with Crippen LogP contribution in [0.5, 0.6) is 5.75 Å². The van der Waals surface area contributed by atoms with Crippen LogP contribution < -0.4 is 10.2 Å². The molecule has 0 radical (unpaired) electrons. The van der Waals surface area contributed by atoms with E-state index in [1.165, 1.54) is 23.5 Å². The Morgan fingerprint density at radius 1 is 1.19 bits per heavy atom. The molecule has 1 aromatic rings. The van der Waals surface area contributed by atoms with E-state index in [0.717, 1.165) is 0 Å². The highest BCUT2D eigenvalue weighted by Crippen LogP contribution is 2.21. The lowest BCUT2D eigenvalue weighted by Crippen LogP contribution is -2.53. The Balaban J connectivity index is 1.57. The summed E-state index contributed by atoms with van der Waals surface area (Å²) in [5.41, 5.74) is 2.67. The summed E-state index contributed by atoms with van der Waals surface area (Å²) in [6.07, 6.45) is 0.376. The van der Waals surface area contributed by atoms with E-state index >= 15 is 0 Å². The van der Waals surface area contributed by atoms with Crippen molar-refractivity contribution in [2.24, 2.45) is 0 Å². The van der Waals surface area contributed by atoms with Crippen LogP contribution in [0.15, 0.2) is 29.2 Å². The van der Waals surface area contributed by atoms with E-state index in [-0.39, 0.29) is 42.4 Å². The molecular formula is C17H24N4O5S. The van der Waals surface area contributed by atoms with Crippen LogP contribution in [0, 0.1) is 0 Å². The minimum Gasteiger partial charge on any atom is -0.497 e. The predicted octanol–water partition coefficient (Wildman–Crippen LogP) is -0.346. The summed E-state index contributed by atoms with van der Waals surface area (Å²) in [5, 5.41) is 1.63. The van der Waals surface area contributed by atoms with Crippen LogP contribution in [0.2, 0.25) is 0 Å². The third-order valence-electron chi connectivity index (χ3n) is 4.88. The van der Waals surface area contributed by atoms with Gasteiger partial charge in [0.1, 0.15) is 5.75 Å². The zero-order chi connectivity index (χ0) is 19.6. The molecule has 9 nitrogen and oxygen atoms in total. The minimum absolute atomic E-state index is 0.0295. The molecule has 0 aromatic heterocycles. The number of carbonyl (C=O) groups excluding carboxylic acids is 2. The average Bonchev–Trinajstić information content (AvgIpc) is 2.98. The van der Waals surface area contributed by atoms with Gasteiger partial charge in [0.05, 0.1) is 18.6 Å². The maximum absolute atomic E-state index is 12.7. The highest BCUT2D eigenvalue weighted by atomic mass is 32.2. The SMILES string of the molecule is COc1ccc(S(=O)(=O)N2CCN(C(=O)CN3NC(=O)C[C@H]3C)CC2)cc1. The summed E-state index contributed by atoms with van der Waals surface area (Å²) in [6, 6.07) is 6.22. The Kier molecular flexibility index (Phi) is 5.68. The van der Waals surface area contributed by atoms with Gasteiger partial charge in [-0.2, -0.15) is 4.31 Å². The number of amides is 2. The second-order valence-electron chi connectivity index (χ2n) is 6.68. The molecule has 3 rings (SSSR count). The number of nitrogens with zero attached hydrogens (tertiary/aromatic N) is 3. The van der Waals surface area contributed by atoms with E-state index < -0.39 is 10.0 Å². The molecule has 0 bridgehead atoms. The number of nitrogens with one attached hydrogen (secondary N) is 1. The standard InChI is InChI=1S/C17H24N4O5S/c1-13-11-16(22)18-21(13)12-17(23)19-7-9-20(10-8-19)27(24,25)15-5-3-14(26-2)4-6-15/h3-6,13H,7-12H2,1-2H3,(H,18,22)/t13-/m1/s1. The van der Waals surface area contributed by atoms with E-state index in [2.05, 4.69) is 5.43 Å². The maximum atomic E-state index is 12.7. The smallest absolute Gasteiger partial charge is 0.243 e. The second kappa shape index (κ2) is 7.83. The normalized spacial score (nSPS) is 21.9. The number of piperazine rings is 1. The molecule has 2 saturated heterocycles. The second-order valence-corrected chi connectivity index (χ2v) is 8.61. The number of rotatable bonds is 5. The lowest BCUT2D eigenvalue weighted by atomic mass is 10.2. The van der Waals surface area contributed by atoms with Crippen LogP contribution in [0.4, 0.5) is 0 Å². The minimum atomic E-state index is -3.60. The fourth-order valence-corrected chi connectivity index (χ4v) is 4.63. The first-order valence-electron chi connectivity index (χ1n) is 8.79. The third-order valence-corrected chi connectivity index (χ3v) is 6.79. The first kappa shape index (κ1) is 19.6. The van der Waals surface area contributed by atoms with Crippen molar-refractivity contribution in [2.45, 2.75) is 24.3 Å². The predicted molar refractivity (Wildman–Crippen MR) is 97.3 cm³/mol. The highest BCUT2D eigenvalue weighted by Gasteiger charge is 2.33. The molecule has 27 heavy (non-hydrogen) atoms. The Labute approximate surface area is 158 Å². The fourth-order valence-electron chi connectivity index (χ4n) is 3.21. The quantitative estimate of drug-likeness (QED) is 0.731. The molecule has 2 heterocycles. The average molecular weight is 396 g/mol. The molecular weight excluding hydrogens is 372 g/mol. The molecule has 0 saturated carbocycles. The summed E-state index contributed by atoms with van der Waals surface area (Å²) in [4.78, 5) is 25.7. The first-order chi connectivity index (χ1) is 12.8. The van der Waals surface area contributed by atoms with Crippen LogP contribution in [-0.2, 0) is 19.6 Å². The molecule has 10 heteroatoms. The number of carbonyl (C=O) groups is 2. The molecule has 1 atom stereocenters. The molecule has 1 N–H and O–H groups in total. The number of hydrogen-bond donors (Lipinski definition) is 1. The van der Waals surface area contributed by atoms with E-state index in [1.807, 2.05) is 6.92 Å². The van der Waals surface area contributed by atoms with Crippen molar-refractivity contribution in [3.05, 3.63) is 24.3 Å². The van der Waals surface area contributed by atoms with Crippen molar-refractivity contribution in [2.75, 3.05) is 39.8 Å². The van der Waals surface area contributed by atoms with Gasteiger partial charge >= 0.3 is 0 Å². The van der Waals surface area contributed by atoms with E-state index in [0.29, 0.717) is 25.3 Å². The van der Waals surface area contributed by atoms with Gasteiger partial charge in [-0.25, -0.2) is 13.4 Å². The van der Waals surface area contributed by atoms with Crippen molar-refractivity contribution >= 4 is 21.8 Å². The number of sulfonamides is 1. The molecule has 2 aliphatic heterocycles. The number of ether oxygens (including phenoxy) is 1. The van der Waals surface area contributed by atoms with Gasteiger partial charge in [0.15, 0.2) is 0 Å². The van der Waals surface area contributed by atoms with Gasteiger partial charge in [0, 0.05) is 38.6 Å². The summed E-state index contributed by atoms with van der Waals surface area (Å²) in [7, 11) is -2.08. The van der Waals surface area contributed by atoms with Gasteiger partial charge in [-0.3, -0.25) is 15.0 Å². The summed E-state index contributed by atoms with van der Waals surface area (Å²) < 4.78 is 31.9. The number of benzene rings is 1. The van der Waals surface area contributed by atoms with Crippen LogP contribution in [0.25, 0.3) is 0 Å². The number of methoxy groups -OCH3 is 1. The van der Waals surface area contributed by atoms with E-state index in [1.54, 1.807) is 22.0 Å². The van der Waals surface area contributed by atoms with Crippen molar-refractivity contribution in [1.29, 1.82) is 0 Å². The van der Waals surface area contributed by atoms with E-state index in [9.17, 15) is 18.0 Å². The van der Waals surface area contributed by atoms with E-state index in [4.69, 9.17) is 4.74 Å². The van der Waals surface area contributed by atoms with Gasteiger partial charge in [-0.05, 0) is 31.2 Å². The summed E-state index contributed by atoms with van der Waals surface area (Å²) >= 11 is 0. The lowest BCUT2D eigenvalue weighted by molar-refractivity contribution is -0.134. The number of hydrogen-bond acceptors (Lipinski definition) is 6. The monoisotopic (exact) mass is 396 g/mol. The summed E-state index contributed by atoms with van der Waals surface area (Å²) in [5.74, 6) is 0.379. The molecule has 0 spiro atoms. The van der Waals surface area contributed by atoms with Gasteiger partial charge in [-0.15, -0.1) is 0 Å². The zero-order valence-corrected chi connectivity index (χ0v) is 16.2. The molecule has 0 unspecified atom stereocenters. The zero-order valence-electron chi connectivity index (χ0n) is 15.4. The topological polar surface area (TPSA) is 99.3 Å². The first-order valence-corrected chi connectivity index (χ1v) is 10.2. The molecule has 148 valence electrons. The fraction of sp³-hybridized carbons (Fsp3) is 0.529. The Bertz CT molecular complexity index is 803. The molecule has 1 aromatic carbocycles. The Hall–Kier alpha value is -2.17. The van der Waals surface area contributed by atoms with Crippen LogP contribution in [-0.4, -0.2) is 80.3 Å². The van der Waals surface area contributed by atoms with Crippen molar-refractivity contribution in [3.63, 3.8) is 0 Å². The van der Waals surface area contributed by atoms with Crippen molar-refractivity contribution < 1.29 is 22.7 Å². The van der Waals surface area contributed by atoms with Crippen molar-refractivity contribution in [1.82, 2.24) is 19.6 Å². The largest absolute Gasteiger partial charge is 0.497 e. The van der Waals surface area contributed by atoms with Gasteiger partial charge in [0.25, 0.3) is 0 Å². The third kappa shape index (κ3) is 4.23. The molecule has 2 aliphatic rings. The van der Waals surface area contributed by atoms with Crippen LogP contribution in [0.3, 0.4) is 0 Å². The van der Waals surface area contributed by atoms with Crippen LogP contribution in [0.1, 0.15) is 13.3 Å². The Morgan fingerprint density at radius 2 is 1.81 bits per heavy atom. The maximum Gasteiger partial charge on any atom is 0.243 e. The molecule has 2 amide bonds. The van der Waals surface area contributed by atoms with Crippen molar-refractivity contribution in [3.8, 4) is 5.75 Å². The van der Waals surface area contributed by atoms with Gasteiger partial charge in [-0.1, -0.05) is 0 Å². The number of hydrazine groups is 1. The van der Waals surface area contributed by atoms with Gasteiger partial charge < -0.3 is 9.64 Å². The molecule has 0 aliphatic carbocycles.